The number of rotatable bonds is 6. The van der Waals surface area contributed by atoms with Crippen LogP contribution in [0.1, 0.15) is 29.6 Å². The zero-order chi connectivity index (χ0) is 14.5. The molecule has 0 bridgehead atoms. The number of hydrogen-bond acceptors (Lipinski definition) is 4. The van der Waals surface area contributed by atoms with Gasteiger partial charge in [-0.2, -0.15) is 5.26 Å². The summed E-state index contributed by atoms with van der Waals surface area (Å²) in [5, 5.41) is 8.73. The Hall–Kier alpha value is -2.22. The molecular weight excluding hydrogens is 256 g/mol. The SMILES string of the molecule is COc1cccc(OC)c1C(=O)N(CCC#N)C1CC1. The van der Waals surface area contributed by atoms with Crippen LogP contribution in [0, 0.1) is 11.3 Å². The molecule has 1 amide bonds. The molecule has 1 aromatic carbocycles. The number of ether oxygens (including phenoxy) is 2. The van der Waals surface area contributed by atoms with E-state index in [4.69, 9.17) is 14.7 Å². The van der Waals surface area contributed by atoms with Crippen molar-refractivity contribution in [3.05, 3.63) is 23.8 Å². The number of carbonyl (C=O) groups excluding carboxylic acids is 1. The predicted octanol–water partition coefficient (Wildman–Crippen LogP) is 2.22. The molecule has 5 nitrogen and oxygen atoms in total. The molecule has 1 saturated carbocycles. The molecule has 0 radical (unpaired) electrons. The highest BCUT2D eigenvalue weighted by Crippen LogP contribution is 2.34. The molecule has 106 valence electrons. The fourth-order valence-corrected chi connectivity index (χ4v) is 2.21. The summed E-state index contributed by atoms with van der Waals surface area (Å²) in [6.45, 7) is 0.446. The molecule has 1 aromatic rings. The summed E-state index contributed by atoms with van der Waals surface area (Å²) < 4.78 is 10.5. The van der Waals surface area contributed by atoms with Crippen molar-refractivity contribution in [2.45, 2.75) is 25.3 Å². The second kappa shape index (κ2) is 6.29. The minimum Gasteiger partial charge on any atom is -0.496 e. The molecule has 0 aromatic heterocycles. The van der Waals surface area contributed by atoms with Gasteiger partial charge in [0.2, 0.25) is 0 Å². The summed E-state index contributed by atoms with van der Waals surface area (Å²) in [6, 6.07) is 7.59. The maximum Gasteiger partial charge on any atom is 0.261 e. The highest BCUT2D eigenvalue weighted by Gasteiger charge is 2.35. The zero-order valence-electron chi connectivity index (χ0n) is 11.8. The number of methoxy groups -OCH3 is 2. The van der Waals surface area contributed by atoms with E-state index in [1.807, 2.05) is 0 Å². The second-order valence-electron chi connectivity index (χ2n) is 4.68. The van der Waals surface area contributed by atoms with E-state index in [2.05, 4.69) is 6.07 Å². The lowest BCUT2D eigenvalue weighted by atomic mass is 10.1. The third-order valence-corrected chi connectivity index (χ3v) is 3.35. The lowest BCUT2D eigenvalue weighted by Crippen LogP contribution is -2.34. The van der Waals surface area contributed by atoms with Crippen molar-refractivity contribution in [2.75, 3.05) is 20.8 Å². The molecule has 0 N–H and O–H groups in total. The number of carbonyl (C=O) groups is 1. The molecule has 1 fully saturated rings. The zero-order valence-corrected chi connectivity index (χ0v) is 11.8. The van der Waals surface area contributed by atoms with Crippen molar-refractivity contribution in [3.63, 3.8) is 0 Å². The average Bonchev–Trinajstić information content (AvgIpc) is 3.31. The van der Waals surface area contributed by atoms with E-state index in [-0.39, 0.29) is 11.9 Å². The van der Waals surface area contributed by atoms with E-state index in [1.165, 1.54) is 14.2 Å². The van der Waals surface area contributed by atoms with E-state index < -0.39 is 0 Å². The minimum atomic E-state index is -0.128. The molecule has 0 spiro atoms. The van der Waals surface area contributed by atoms with E-state index in [9.17, 15) is 4.79 Å². The van der Waals surface area contributed by atoms with Crippen molar-refractivity contribution < 1.29 is 14.3 Å². The van der Waals surface area contributed by atoms with Crippen molar-refractivity contribution >= 4 is 5.91 Å². The van der Waals surface area contributed by atoms with E-state index in [0.29, 0.717) is 30.0 Å². The van der Waals surface area contributed by atoms with Crippen LogP contribution in [-0.4, -0.2) is 37.6 Å². The van der Waals surface area contributed by atoms with Gasteiger partial charge < -0.3 is 14.4 Å². The van der Waals surface area contributed by atoms with Gasteiger partial charge in [0.1, 0.15) is 17.1 Å². The lowest BCUT2D eigenvalue weighted by Gasteiger charge is -2.23. The van der Waals surface area contributed by atoms with Gasteiger partial charge in [-0.1, -0.05) is 6.07 Å². The monoisotopic (exact) mass is 274 g/mol. The first-order valence-corrected chi connectivity index (χ1v) is 6.61. The van der Waals surface area contributed by atoms with Crippen LogP contribution in [0.2, 0.25) is 0 Å². The van der Waals surface area contributed by atoms with Crippen molar-refractivity contribution in [3.8, 4) is 17.6 Å². The number of nitrogens with zero attached hydrogens (tertiary/aromatic N) is 2. The van der Waals surface area contributed by atoms with E-state index in [1.54, 1.807) is 23.1 Å². The van der Waals surface area contributed by atoms with Gasteiger partial charge in [0, 0.05) is 12.6 Å². The summed E-state index contributed by atoms with van der Waals surface area (Å²) in [5.74, 6) is 0.867. The van der Waals surface area contributed by atoms with Crippen LogP contribution >= 0.6 is 0 Å². The Kier molecular flexibility index (Phi) is 4.46. The first kappa shape index (κ1) is 14.2. The Morgan fingerprint density at radius 3 is 2.40 bits per heavy atom. The summed E-state index contributed by atoms with van der Waals surface area (Å²) in [5.41, 5.74) is 0.433. The smallest absolute Gasteiger partial charge is 0.261 e. The minimum absolute atomic E-state index is 0.128. The molecule has 2 rings (SSSR count). The number of amides is 1. The van der Waals surface area contributed by atoms with Crippen molar-refractivity contribution in [1.29, 1.82) is 5.26 Å². The van der Waals surface area contributed by atoms with Gasteiger partial charge in [-0.3, -0.25) is 4.79 Å². The number of benzene rings is 1. The third kappa shape index (κ3) is 2.85. The van der Waals surface area contributed by atoms with Crippen LogP contribution in [-0.2, 0) is 0 Å². The first-order chi connectivity index (χ1) is 9.72. The van der Waals surface area contributed by atoms with Gasteiger partial charge in [0.05, 0.1) is 26.7 Å². The Bertz CT molecular complexity index is 510. The van der Waals surface area contributed by atoms with Crippen LogP contribution in [0.5, 0.6) is 11.5 Å². The normalized spacial score (nSPS) is 13.4. The predicted molar refractivity (Wildman–Crippen MR) is 73.8 cm³/mol. The van der Waals surface area contributed by atoms with Gasteiger partial charge in [-0.05, 0) is 25.0 Å². The summed E-state index contributed by atoms with van der Waals surface area (Å²) in [7, 11) is 3.06. The topological polar surface area (TPSA) is 62.6 Å². The van der Waals surface area contributed by atoms with Gasteiger partial charge in [-0.25, -0.2) is 0 Å². The molecule has 1 aliphatic rings. The molecule has 0 aliphatic heterocycles. The third-order valence-electron chi connectivity index (χ3n) is 3.35. The fraction of sp³-hybridized carbons (Fsp3) is 0.467. The van der Waals surface area contributed by atoms with Gasteiger partial charge in [0.15, 0.2) is 0 Å². The maximum atomic E-state index is 12.7. The van der Waals surface area contributed by atoms with Crippen LogP contribution in [0.4, 0.5) is 0 Å². The van der Waals surface area contributed by atoms with Crippen molar-refractivity contribution in [2.24, 2.45) is 0 Å². The van der Waals surface area contributed by atoms with Gasteiger partial charge in [-0.15, -0.1) is 0 Å². The van der Waals surface area contributed by atoms with Crippen LogP contribution in [0.25, 0.3) is 0 Å². The second-order valence-corrected chi connectivity index (χ2v) is 4.68. The summed E-state index contributed by atoms with van der Waals surface area (Å²) >= 11 is 0. The van der Waals surface area contributed by atoms with Crippen LogP contribution in [0.3, 0.4) is 0 Å². The molecule has 20 heavy (non-hydrogen) atoms. The maximum absolute atomic E-state index is 12.7. The Morgan fingerprint density at radius 1 is 1.35 bits per heavy atom. The average molecular weight is 274 g/mol. The Morgan fingerprint density at radius 2 is 1.95 bits per heavy atom. The van der Waals surface area contributed by atoms with E-state index in [0.717, 1.165) is 12.8 Å². The lowest BCUT2D eigenvalue weighted by molar-refractivity contribution is 0.0740. The molecule has 0 atom stereocenters. The Labute approximate surface area is 118 Å². The largest absolute Gasteiger partial charge is 0.496 e. The molecule has 0 heterocycles. The van der Waals surface area contributed by atoms with Crippen LogP contribution < -0.4 is 9.47 Å². The fourth-order valence-electron chi connectivity index (χ4n) is 2.21. The molecular formula is C15H18N2O3. The van der Waals surface area contributed by atoms with Crippen LogP contribution in [0.15, 0.2) is 18.2 Å². The molecule has 5 heteroatoms. The highest BCUT2D eigenvalue weighted by molar-refractivity contribution is 6.00. The highest BCUT2D eigenvalue weighted by atomic mass is 16.5. The molecule has 1 aliphatic carbocycles. The van der Waals surface area contributed by atoms with Gasteiger partial charge >= 0.3 is 0 Å². The van der Waals surface area contributed by atoms with E-state index >= 15 is 0 Å². The number of hydrogen-bond donors (Lipinski definition) is 0. The Balaban J connectivity index is 2.33. The summed E-state index contributed by atoms with van der Waals surface area (Å²) in [4.78, 5) is 14.5. The first-order valence-electron chi connectivity index (χ1n) is 6.61. The quantitative estimate of drug-likeness (QED) is 0.798. The summed E-state index contributed by atoms with van der Waals surface area (Å²) in [6.07, 6.45) is 2.32. The van der Waals surface area contributed by atoms with Gasteiger partial charge in [0.25, 0.3) is 5.91 Å². The molecule has 0 unspecified atom stereocenters. The standard InChI is InChI=1S/C15H18N2O3/c1-19-12-5-3-6-13(20-2)14(12)15(18)17(10-4-9-16)11-7-8-11/h3,5-6,11H,4,7-8,10H2,1-2H3. The molecule has 0 saturated heterocycles. The number of nitriles is 1. The van der Waals surface area contributed by atoms with Crippen molar-refractivity contribution in [1.82, 2.24) is 4.90 Å².